The number of hydrogen-bond donors (Lipinski definition) is 2. The second-order valence-corrected chi connectivity index (χ2v) is 9.76. The lowest BCUT2D eigenvalue weighted by Gasteiger charge is -2.07. The Kier molecular flexibility index (Phi) is 6.22. The van der Waals surface area contributed by atoms with Crippen LogP contribution in [-0.2, 0) is 9.84 Å². The van der Waals surface area contributed by atoms with E-state index in [0.29, 0.717) is 15.8 Å². The van der Waals surface area contributed by atoms with Gasteiger partial charge in [0.25, 0.3) is 0 Å². The summed E-state index contributed by atoms with van der Waals surface area (Å²) in [6, 6.07) is 19.4. The molecule has 0 bridgehead atoms. The molecule has 7 nitrogen and oxygen atoms in total. The number of aromatic nitrogens is 2. The van der Waals surface area contributed by atoms with Crippen LogP contribution >= 0.6 is 23.8 Å². The molecule has 0 unspecified atom stereocenters. The number of thiocarbonyl (C=S) groups is 1. The van der Waals surface area contributed by atoms with Crippen molar-refractivity contribution in [2.75, 3.05) is 11.6 Å². The largest absolute Gasteiger partial charge is 0.331 e. The first-order valence-electron chi connectivity index (χ1n) is 9.44. The topological polar surface area (TPSA) is 87.9 Å². The molecule has 0 amide bonds. The van der Waals surface area contributed by atoms with Crippen molar-refractivity contribution >= 4 is 56.3 Å². The lowest BCUT2D eigenvalue weighted by Crippen LogP contribution is -2.23. The highest BCUT2D eigenvalue weighted by Crippen LogP contribution is 2.25. The van der Waals surface area contributed by atoms with Crippen molar-refractivity contribution in [3.8, 4) is 11.3 Å². The molecule has 2 aromatic heterocycles. The predicted molar refractivity (Wildman–Crippen MR) is 132 cm³/mol. The van der Waals surface area contributed by atoms with Crippen molar-refractivity contribution in [2.24, 2.45) is 5.10 Å². The van der Waals surface area contributed by atoms with Crippen molar-refractivity contribution in [2.45, 2.75) is 4.90 Å². The summed E-state index contributed by atoms with van der Waals surface area (Å²) >= 11 is 11.2. The minimum absolute atomic E-state index is 0.250. The SMILES string of the molecule is CS(=O)(=O)c1ccc(-c2nc3ccccn3c2/C=N/NC(=S)Nc2ccc(Cl)cc2)cc1. The van der Waals surface area contributed by atoms with Gasteiger partial charge in [0.15, 0.2) is 14.9 Å². The van der Waals surface area contributed by atoms with Gasteiger partial charge in [0.1, 0.15) is 5.65 Å². The fourth-order valence-corrected chi connectivity index (χ4v) is 3.98. The van der Waals surface area contributed by atoms with Gasteiger partial charge in [-0.2, -0.15) is 5.10 Å². The van der Waals surface area contributed by atoms with Crippen LogP contribution in [0.5, 0.6) is 0 Å². The Balaban J connectivity index is 1.60. The number of halogens is 1. The molecule has 0 atom stereocenters. The number of hydrazone groups is 1. The lowest BCUT2D eigenvalue weighted by molar-refractivity contribution is 0.602. The van der Waals surface area contributed by atoms with E-state index in [9.17, 15) is 8.42 Å². The molecule has 2 heterocycles. The number of nitrogens with zero attached hydrogens (tertiary/aromatic N) is 3. The zero-order chi connectivity index (χ0) is 22.7. The Hall–Kier alpha value is -3.27. The van der Waals surface area contributed by atoms with E-state index in [1.807, 2.05) is 40.9 Å². The Morgan fingerprint density at radius 2 is 1.81 bits per heavy atom. The van der Waals surface area contributed by atoms with Gasteiger partial charge in [0.2, 0.25) is 0 Å². The molecular formula is C22H18ClN5O2S2. The van der Waals surface area contributed by atoms with Gasteiger partial charge >= 0.3 is 0 Å². The Bertz CT molecular complexity index is 1410. The first-order valence-corrected chi connectivity index (χ1v) is 12.1. The fourth-order valence-electron chi connectivity index (χ4n) is 3.05. The number of anilines is 1. The number of fused-ring (bicyclic) bond motifs is 1. The van der Waals surface area contributed by atoms with Crippen molar-refractivity contribution in [3.05, 3.63) is 83.6 Å². The highest BCUT2D eigenvalue weighted by atomic mass is 35.5. The predicted octanol–water partition coefficient (Wildman–Crippen LogP) is 4.38. The molecule has 162 valence electrons. The highest BCUT2D eigenvalue weighted by molar-refractivity contribution is 7.90. The van der Waals surface area contributed by atoms with Gasteiger partial charge in [-0.15, -0.1) is 0 Å². The molecule has 32 heavy (non-hydrogen) atoms. The van der Waals surface area contributed by atoms with Crippen LogP contribution in [0.25, 0.3) is 16.9 Å². The number of sulfone groups is 1. The maximum Gasteiger partial charge on any atom is 0.191 e. The molecule has 0 saturated heterocycles. The lowest BCUT2D eigenvalue weighted by atomic mass is 10.1. The average molecular weight is 484 g/mol. The van der Waals surface area contributed by atoms with E-state index in [1.54, 1.807) is 42.6 Å². The normalized spacial score (nSPS) is 11.7. The maximum atomic E-state index is 11.8. The molecule has 10 heteroatoms. The number of benzene rings is 2. The zero-order valence-corrected chi connectivity index (χ0v) is 19.2. The molecule has 0 aliphatic rings. The summed E-state index contributed by atoms with van der Waals surface area (Å²) in [7, 11) is -3.28. The average Bonchev–Trinajstić information content (AvgIpc) is 3.13. The number of imidazole rings is 1. The molecular weight excluding hydrogens is 466 g/mol. The number of rotatable bonds is 5. The Morgan fingerprint density at radius 3 is 2.50 bits per heavy atom. The highest BCUT2D eigenvalue weighted by Gasteiger charge is 2.14. The Morgan fingerprint density at radius 1 is 1.09 bits per heavy atom. The molecule has 2 N–H and O–H groups in total. The van der Waals surface area contributed by atoms with Crippen LogP contribution in [0.2, 0.25) is 5.02 Å². The second kappa shape index (κ2) is 9.07. The monoisotopic (exact) mass is 483 g/mol. The van der Waals surface area contributed by atoms with Gasteiger partial charge in [0.05, 0.1) is 22.5 Å². The third kappa shape index (κ3) is 4.96. The van der Waals surface area contributed by atoms with E-state index in [4.69, 9.17) is 23.8 Å². The molecule has 4 rings (SSSR count). The number of pyridine rings is 1. The third-order valence-corrected chi connectivity index (χ3v) is 6.15. The van der Waals surface area contributed by atoms with Crippen LogP contribution in [0.3, 0.4) is 0 Å². The van der Waals surface area contributed by atoms with Crippen LogP contribution in [0.4, 0.5) is 5.69 Å². The van der Waals surface area contributed by atoms with E-state index < -0.39 is 9.84 Å². The fraction of sp³-hybridized carbons (Fsp3) is 0.0455. The zero-order valence-electron chi connectivity index (χ0n) is 16.9. The molecule has 0 fully saturated rings. The summed E-state index contributed by atoms with van der Waals surface area (Å²) in [5.74, 6) is 0. The summed E-state index contributed by atoms with van der Waals surface area (Å²) in [6.45, 7) is 0. The van der Waals surface area contributed by atoms with Crippen LogP contribution < -0.4 is 10.7 Å². The summed E-state index contributed by atoms with van der Waals surface area (Å²) in [5, 5.41) is 8.23. The first kappa shape index (κ1) is 21.9. The molecule has 4 aromatic rings. The van der Waals surface area contributed by atoms with Gasteiger partial charge in [0, 0.05) is 28.7 Å². The van der Waals surface area contributed by atoms with Crippen LogP contribution in [-0.4, -0.2) is 35.4 Å². The second-order valence-electron chi connectivity index (χ2n) is 6.90. The third-order valence-electron chi connectivity index (χ3n) is 4.58. The minimum Gasteiger partial charge on any atom is -0.331 e. The van der Waals surface area contributed by atoms with E-state index in [2.05, 4.69) is 20.8 Å². The van der Waals surface area contributed by atoms with Crippen molar-refractivity contribution < 1.29 is 8.42 Å². The minimum atomic E-state index is -3.28. The van der Waals surface area contributed by atoms with Crippen LogP contribution in [0, 0.1) is 0 Å². The molecule has 2 aromatic carbocycles. The first-order chi connectivity index (χ1) is 15.3. The summed E-state index contributed by atoms with van der Waals surface area (Å²) in [6.07, 6.45) is 4.68. The summed E-state index contributed by atoms with van der Waals surface area (Å²) < 4.78 is 25.4. The number of hydrogen-bond acceptors (Lipinski definition) is 5. The van der Waals surface area contributed by atoms with Gasteiger partial charge < -0.3 is 5.32 Å². The smallest absolute Gasteiger partial charge is 0.191 e. The van der Waals surface area contributed by atoms with E-state index >= 15 is 0 Å². The van der Waals surface area contributed by atoms with Crippen molar-refractivity contribution in [1.29, 1.82) is 0 Å². The van der Waals surface area contributed by atoms with Crippen molar-refractivity contribution in [1.82, 2.24) is 14.8 Å². The van der Waals surface area contributed by atoms with Gasteiger partial charge in [-0.25, -0.2) is 13.4 Å². The summed E-state index contributed by atoms with van der Waals surface area (Å²) in [5.41, 5.74) is 6.46. The molecule has 0 spiro atoms. The van der Waals surface area contributed by atoms with Crippen LogP contribution in [0.15, 0.2) is 82.9 Å². The van der Waals surface area contributed by atoms with Crippen molar-refractivity contribution in [3.63, 3.8) is 0 Å². The standard InChI is InChI=1S/C22H18ClN5O2S2/c1-32(29,30)18-11-5-15(6-12-18)21-19(28-13-3-2-4-20(28)26-21)14-24-27-22(31)25-17-9-7-16(23)8-10-17/h2-14H,1H3,(H2,25,27,31)/b24-14+. The van der Waals surface area contributed by atoms with E-state index in [-0.39, 0.29) is 4.90 Å². The van der Waals surface area contributed by atoms with E-state index in [0.717, 1.165) is 22.6 Å². The van der Waals surface area contributed by atoms with Gasteiger partial charge in [-0.3, -0.25) is 9.83 Å². The maximum absolute atomic E-state index is 11.8. The summed E-state index contributed by atoms with van der Waals surface area (Å²) in [4.78, 5) is 4.93. The quantitative estimate of drug-likeness (QED) is 0.249. The van der Waals surface area contributed by atoms with Crippen LogP contribution in [0.1, 0.15) is 5.69 Å². The van der Waals surface area contributed by atoms with E-state index in [1.165, 1.54) is 6.26 Å². The van der Waals surface area contributed by atoms with Gasteiger partial charge in [-0.1, -0.05) is 29.8 Å². The van der Waals surface area contributed by atoms with Gasteiger partial charge in [-0.05, 0) is 60.7 Å². The molecule has 0 aliphatic carbocycles. The molecule has 0 radical (unpaired) electrons. The Labute approximate surface area is 195 Å². The molecule has 0 saturated carbocycles. The molecule has 0 aliphatic heterocycles. The number of nitrogens with one attached hydrogen (secondary N) is 2.